The first-order valence-electron chi connectivity index (χ1n) is 8.79. The second kappa shape index (κ2) is 8.60. The molecule has 2 saturated heterocycles. The van der Waals surface area contributed by atoms with Crippen molar-refractivity contribution in [1.29, 1.82) is 0 Å². The molecule has 0 bridgehead atoms. The largest absolute Gasteiger partial charge is 0.490 e. The summed E-state index contributed by atoms with van der Waals surface area (Å²) in [6.45, 7) is 4.82. The number of rotatable bonds is 3. The number of sulfonamides is 1. The van der Waals surface area contributed by atoms with Crippen LogP contribution in [0.5, 0.6) is 0 Å². The molecule has 1 aromatic rings. The van der Waals surface area contributed by atoms with Crippen LogP contribution >= 0.6 is 0 Å². The molecule has 2 fully saturated rings. The van der Waals surface area contributed by atoms with Gasteiger partial charge in [-0.2, -0.15) is 13.2 Å². The molecule has 12 heteroatoms. The summed E-state index contributed by atoms with van der Waals surface area (Å²) in [6.07, 6.45) is 1.53. The topological polar surface area (TPSA) is 104 Å². The Hall–Kier alpha value is -1.95. The van der Waals surface area contributed by atoms with Gasteiger partial charge in [-0.1, -0.05) is 0 Å². The molecule has 1 unspecified atom stereocenters. The van der Waals surface area contributed by atoms with Gasteiger partial charge in [0.2, 0.25) is 16.0 Å². The maximum atomic E-state index is 12.1. The molecule has 3 heterocycles. The van der Waals surface area contributed by atoms with Crippen LogP contribution in [0.4, 0.5) is 19.1 Å². The lowest BCUT2D eigenvalue weighted by atomic mass is 9.79. The molecule has 0 radical (unpaired) electrons. The third-order valence-corrected chi connectivity index (χ3v) is 6.73. The summed E-state index contributed by atoms with van der Waals surface area (Å²) in [5.74, 6) is -1.81. The molecule has 8 nitrogen and oxygen atoms in total. The standard InChI is InChI=1S/C14H22N4O2S.C2HF3O2/c1-2-21(19,20)18-10-6-14(12-18)5-3-9-17(11-14)13-15-7-4-8-16-13;3-2(4,5)1(6)7/h4,7-8H,2-3,5-6,9-12H2,1H3;(H,6,7). The van der Waals surface area contributed by atoms with Crippen LogP contribution in [0.15, 0.2) is 18.5 Å². The van der Waals surface area contributed by atoms with Crippen LogP contribution in [0.2, 0.25) is 0 Å². The molecule has 158 valence electrons. The lowest BCUT2D eigenvalue weighted by molar-refractivity contribution is -0.192. The summed E-state index contributed by atoms with van der Waals surface area (Å²) in [4.78, 5) is 19.7. The highest BCUT2D eigenvalue weighted by molar-refractivity contribution is 7.89. The molecule has 1 N–H and O–H groups in total. The van der Waals surface area contributed by atoms with E-state index in [2.05, 4.69) is 14.9 Å². The van der Waals surface area contributed by atoms with Gasteiger partial charge in [-0.05, 0) is 32.3 Å². The number of carboxylic acid groups (broad SMARTS) is 1. The number of carbonyl (C=O) groups is 1. The molecular formula is C16H23F3N4O4S. The maximum absolute atomic E-state index is 12.1. The Morgan fingerprint density at radius 2 is 1.82 bits per heavy atom. The molecule has 1 atom stereocenters. The average molecular weight is 424 g/mol. The van der Waals surface area contributed by atoms with Crippen LogP contribution in [-0.2, 0) is 14.8 Å². The minimum atomic E-state index is -5.08. The Kier molecular flexibility index (Phi) is 6.86. The number of aromatic nitrogens is 2. The molecule has 2 aliphatic rings. The highest BCUT2D eigenvalue weighted by Gasteiger charge is 2.44. The molecule has 28 heavy (non-hydrogen) atoms. The monoisotopic (exact) mass is 424 g/mol. The van der Waals surface area contributed by atoms with Gasteiger partial charge < -0.3 is 10.0 Å². The average Bonchev–Trinajstić information content (AvgIpc) is 3.06. The van der Waals surface area contributed by atoms with Gasteiger partial charge in [-0.25, -0.2) is 27.5 Å². The number of aliphatic carboxylic acids is 1. The molecule has 2 aliphatic heterocycles. The van der Waals surface area contributed by atoms with Crippen LogP contribution in [-0.4, -0.2) is 71.9 Å². The number of halogens is 3. The lowest BCUT2D eigenvalue weighted by Crippen LogP contribution is -2.46. The van der Waals surface area contributed by atoms with E-state index in [0.717, 1.165) is 38.3 Å². The Morgan fingerprint density at radius 1 is 1.21 bits per heavy atom. The highest BCUT2D eigenvalue weighted by Crippen LogP contribution is 2.40. The van der Waals surface area contributed by atoms with E-state index in [1.165, 1.54) is 0 Å². The maximum Gasteiger partial charge on any atom is 0.490 e. The van der Waals surface area contributed by atoms with Crippen LogP contribution in [0.1, 0.15) is 26.2 Å². The van der Waals surface area contributed by atoms with Gasteiger partial charge in [0, 0.05) is 44.0 Å². The summed E-state index contributed by atoms with van der Waals surface area (Å²) in [6, 6.07) is 1.81. The highest BCUT2D eigenvalue weighted by atomic mass is 32.2. The third kappa shape index (κ3) is 5.53. The van der Waals surface area contributed by atoms with Gasteiger partial charge in [0.05, 0.1) is 5.75 Å². The fourth-order valence-electron chi connectivity index (χ4n) is 3.48. The van der Waals surface area contributed by atoms with Gasteiger partial charge in [-0.15, -0.1) is 0 Å². The minimum absolute atomic E-state index is 0.0691. The fourth-order valence-corrected chi connectivity index (χ4v) is 4.69. The summed E-state index contributed by atoms with van der Waals surface area (Å²) >= 11 is 0. The normalized spacial score (nSPS) is 23.4. The van der Waals surface area contributed by atoms with E-state index in [0.29, 0.717) is 13.1 Å². The van der Waals surface area contributed by atoms with Crippen molar-refractivity contribution in [3.8, 4) is 0 Å². The van der Waals surface area contributed by atoms with E-state index >= 15 is 0 Å². The van der Waals surface area contributed by atoms with Crippen molar-refractivity contribution in [1.82, 2.24) is 14.3 Å². The number of hydrogen-bond donors (Lipinski definition) is 1. The van der Waals surface area contributed by atoms with Crippen molar-refractivity contribution in [2.45, 2.75) is 32.4 Å². The van der Waals surface area contributed by atoms with E-state index in [1.807, 2.05) is 6.07 Å². The number of nitrogens with zero attached hydrogens (tertiary/aromatic N) is 4. The molecule has 0 saturated carbocycles. The molecule has 3 rings (SSSR count). The minimum Gasteiger partial charge on any atom is -0.475 e. The van der Waals surface area contributed by atoms with Crippen LogP contribution < -0.4 is 4.90 Å². The van der Waals surface area contributed by atoms with Gasteiger partial charge in [0.25, 0.3) is 0 Å². The van der Waals surface area contributed by atoms with Gasteiger partial charge in [0.15, 0.2) is 0 Å². The summed E-state index contributed by atoms with van der Waals surface area (Å²) in [5.41, 5.74) is 0.0691. The first-order chi connectivity index (χ1) is 13.0. The quantitative estimate of drug-likeness (QED) is 0.788. The van der Waals surface area contributed by atoms with Crippen LogP contribution in [0.3, 0.4) is 0 Å². The zero-order chi connectivity index (χ0) is 21.0. The lowest BCUT2D eigenvalue weighted by Gasteiger charge is -2.40. The Morgan fingerprint density at radius 3 is 2.36 bits per heavy atom. The number of piperidine rings is 1. The Bertz CT molecular complexity index is 776. The number of alkyl halides is 3. The van der Waals surface area contributed by atoms with Crippen LogP contribution in [0.25, 0.3) is 0 Å². The van der Waals surface area contributed by atoms with Crippen molar-refractivity contribution in [2.75, 3.05) is 36.8 Å². The predicted octanol–water partition coefficient (Wildman–Crippen LogP) is 1.75. The SMILES string of the molecule is CCS(=O)(=O)N1CCC2(CCCN(c3ncccn3)C2)C1.O=C(O)C(F)(F)F. The van der Waals surface area contributed by atoms with Gasteiger partial charge in [0.1, 0.15) is 0 Å². The molecule has 1 spiro atoms. The second-order valence-corrected chi connectivity index (χ2v) is 9.12. The van der Waals surface area contributed by atoms with Crippen molar-refractivity contribution in [2.24, 2.45) is 5.41 Å². The van der Waals surface area contributed by atoms with Crippen LogP contribution in [0, 0.1) is 5.41 Å². The Labute approximate surface area is 161 Å². The van der Waals surface area contributed by atoms with Crippen molar-refractivity contribution in [3.63, 3.8) is 0 Å². The number of anilines is 1. The zero-order valence-electron chi connectivity index (χ0n) is 15.4. The number of carboxylic acids is 1. The molecule has 0 aromatic carbocycles. The third-order valence-electron chi connectivity index (χ3n) is 4.90. The van der Waals surface area contributed by atoms with Crippen molar-refractivity contribution < 1.29 is 31.5 Å². The van der Waals surface area contributed by atoms with E-state index in [9.17, 15) is 21.6 Å². The summed E-state index contributed by atoms with van der Waals surface area (Å²) in [5, 5.41) is 7.12. The Balaban J connectivity index is 0.000000345. The van der Waals surface area contributed by atoms with E-state index in [1.54, 1.807) is 23.6 Å². The van der Waals surface area contributed by atoms with Gasteiger partial charge >= 0.3 is 12.1 Å². The van der Waals surface area contributed by atoms with Crippen molar-refractivity contribution in [3.05, 3.63) is 18.5 Å². The zero-order valence-corrected chi connectivity index (χ0v) is 16.2. The second-order valence-electron chi connectivity index (χ2n) is 6.86. The fraction of sp³-hybridized carbons (Fsp3) is 0.688. The molecule has 0 amide bonds. The predicted molar refractivity (Wildman–Crippen MR) is 95.3 cm³/mol. The van der Waals surface area contributed by atoms with Gasteiger partial charge in [-0.3, -0.25) is 0 Å². The first-order valence-corrected chi connectivity index (χ1v) is 10.4. The number of hydrogen-bond acceptors (Lipinski definition) is 6. The van der Waals surface area contributed by atoms with E-state index in [4.69, 9.17) is 9.90 Å². The van der Waals surface area contributed by atoms with E-state index < -0.39 is 22.2 Å². The van der Waals surface area contributed by atoms with Crippen molar-refractivity contribution >= 4 is 21.9 Å². The molecule has 0 aliphatic carbocycles. The molecular weight excluding hydrogens is 401 g/mol. The smallest absolute Gasteiger partial charge is 0.475 e. The first kappa shape index (κ1) is 22.3. The molecule has 1 aromatic heterocycles. The summed E-state index contributed by atoms with van der Waals surface area (Å²) < 4.78 is 57.5. The summed E-state index contributed by atoms with van der Waals surface area (Å²) in [7, 11) is -3.07. The van der Waals surface area contributed by atoms with E-state index in [-0.39, 0.29) is 11.2 Å².